The predicted molar refractivity (Wildman–Crippen MR) is 55.9 cm³/mol. The van der Waals surface area contributed by atoms with Crippen molar-refractivity contribution in [1.82, 2.24) is 0 Å². The van der Waals surface area contributed by atoms with Gasteiger partial charge in [0.05, 0.1) is 0 Å². The van der Waals surface area contributed by atoms with E-state index in [2.05, 4.69) is 0 Å². The summed E-state index contributed by atoms with van der Waals surface area (Å²) >= 11 is 0. The van der Waals surface area contributed by atoms with Crippen molar-refractivity contribution in [3.63, 3.8) is 0 Å². The third-order valence-corrected chi connectivity index (χ3v) is 2.77. The minimum absolute atomic E-state index is 0. The van der Waals surface area contributed by atoms with E-state index in [-0.39, 0.29) is 7.43 Å². The highest BCUT2D eigenvalue weighted by Gasteiger charge is 2.20. The quantitative estimate of drug-likeness (QED) is 0.675. The second-order valence-corrected chi connectivity index (χ2v) is 3.80. The number of methoxy groups -OCH3 is 2. The molecule has 13 heavy (non-hydrogen) atoms. The van der Waals surface area contributed by atoms with Crippen molar-refractivity contribution in [2.75, 3.05) is 27.4 Å². The fourth-order valence-electron chi connectivity index (χ4n) is 2.04. The van der Waals surface area contributed by atoms with Crippen molar-refractivity contribution in [3.05, 3.63) is 0 Å². The zero-order chi connectivity index (χ0) is 8.81. The third kappa shape index (κ3) is 4.63. The van der Waals surface area contributed by atoms with Gasteiger partial charge in [0.2, 0.25) is 0 Å². The number of ether oxygens (including phenoxy) is 2. The van der Waals surface area contributed by atoms with Gasteiger partial charge in [0.25, 0.3) is 0 Å². The van der Waals surface area contributed by atoms with Crippen LogP contribution in [0.2, 0.25) is 0 Å². The first kappa shape index (κ1) is 12.9. The number of hydrogen-bond donors (Lipinski definition) is 0. The first-order chi connectivity index (χ1) is 5.86. The van der Waals surface area contributed by atoms with Crippen LogP contribution in [0.5, 0.6) is 0 Å². The second-order valence-electron chi connectivity index (χ2n) is 3.80. The van der Waals surface area contributed by atoms with Gasteiger partial charge < -0.3 is 9.47 Å². The van der Waals surface area contributed by atoms with E-state index in [0.29, 0.717) is 0 Å². The summed E-state index contributed by atoms with van der Waals surface area (Å²) in [5.41, 5.74) is 0. The van der Waals surface area contributed by atoms with Gasteiger partial charge >= 0.3 is 0 Å². The standard InChI is InChI=1S/C10H20O2.CH4/c1-11-7-9-3-5-10(6-4-9)8-12-2;/h9-10H,3-8H2,1-2H3;1H4. The first-order valence-corrected chi connectivity index (χ1v) is 4.84. The van der Waals surface area contributed by atoms with Gasteiger partial charge in [-0.05, 0) is 37.5 Å². The molecule has 2 nitrogen and oxygen atoms in total. The Kier molecular flexibility index (Phi) is 7.29. The molecule has 0 aromatic heterocycles. The Morgan fingerprint density at radius 3 is 1.38 bits per heavy atom. The van der Waals surface area contributed by atoms with Crippen LogP contribution in [0.3, 0.4) is 0 Å². The molecule has 0 aromatic carbocycles. The summed E-state index contributed by atoms with van der Waals surface area (Å²) in [6.45, 7) is 1.89. The van der Waals surface area contributed by atoms with Crippen molar-refractivity contribution in [2.45, 2.75) is 33.1 Å². The van der Waals surface area contributed by atoms with E-state index in [4.69, 9.17) is 9.47 Å². The lowest BCUT2D eigenvalue weighted by molar-refractivity contribution is 0.0862. The summed E-state index contributed by atoms with van der Waals surface area (Å²) in [6, 6.07) is 0. The van der Waals surface area contributed by atoms with Crippen LogP contribution in [-0.4, -0.2) is 27.4 Å². The molecule has 1 saturated carbocycles. The Bertz CT molecular complexity index is 92.7. The zero-order valence-electron chi connectivity index (χ0n) is 8.21. The first-order valence-electron chi connectivity index (χ1n) is 4.84. The van der Waals surface area contributed by atoms with E-state index in [1.165, 1.54) is 25.7 Å². The van der Waals surface area contributed by atoms with E-state index in [1.807, 2.05) is 0 Å². The molecule has 1 rings (SSSR count). The van der Waals surface area contributed by atoms with E-state index in [1.54, 1.807) is 14.2 Å². The summed E-state index contributed by atoms with van der Waals surface area (Å²) < 4.78 is 10.3. The van der Waals surface area contributed by atoms with Crippen molar-refractivity contribution in [1.29, 1.82) is 0 Å². The normalized spacial score (nSPS) is 28.2. The fourth-order valence-corrected chi connectivity index (χ4v) is 2.04. The third-order valence-electron chi connectivity index (χ3n) is 2.77. The summed E-state index contributed by atoms with van der Waals surface area (Å²) in [7, 11) is 3.59. The highest BCUT2D eigenvalue weighted by molar-refractivity contribution is 4.71. The molecule has 0 spiro atoms. The van der Waals surface area contributed by atoms with Crippen LogP contribution in [0.15, 0.2) is 0 Å². The van der Waals surface area contributed by atoms with Crippen LogP contribution >= 0.6 is 0 Å². The van der Waals surface area contributed by atoms with Gasteiger partial charge in [-0.2, -0.15) is 0 Å². The number of hydrogen-bond acceptors (Lipinski definition) is 2. The molecule has 0 radical (unpaired) electrons. The van der Waals surface area contributed by atoms with Gasteiger partial charge in [0.1, 0.15) is 0 Å². The molecule has 1 aliphatic carbocycles. The Labute approximate surface area is 82.6 Å². The number of rotatable bonds is 4. The molecule has 0 atom stereocenters. The van der Waals surface area contributed by atoms with Gasteiger partial charge in [-0.25, -0.2) is 0 Å². The van der Waals surface area contributed by atoms with E-state index in [9.17, 15) is 0 Å². The lowest BCUT2D eigenvalue weighted by Gasteiger charge is -2.27. The minimum atomic E-state index is 0. The van der Waals surface area contributed by atoms with E-state index >= 15 is 0 Å². The molecular weight excluding hydrogens is 164 g/mol. The molecular formula is C11H24O2. The van der Waals surface area contributed by atoms with Gasteiger partial charge in [-0.3, -0.25) is 0 Å². The van der Waals surface area contributed by atoms with Crippen LogP contribution in [0.25, 0.3) is 0 Å². The molecule has 0 saturated heterocycles. The van der Waals surface area contributed by atoms with Crippen molar-refractivity contribution >= 4 is 0 Å². The molecule has 1 aliphatic rings. The molecule has 1 fully saturated rings. The zero-order valence-corrected chi connectivity index (χ0v) is 8.21. The van der Waals surface area contributed by atoms with E-state index < -0.39 is 0 Å². The van der Waals surface area contributed by atoms with Crippen LogP contribution in [0.4, 0.5) is 0 Å². The lowest BCUT2D eigenvalue weighted by Crippen LogP contribution is -2.20. The predicted octanol–water partition coefficient (Wildman–Crippen LogP) is 2.72. The van der Waals surface area contributed by atoms with Gasteiger partial charge in [-0.15, -0.1) is 0 Å². The molecule has 80 valence electrons. The summed E-state index contributed by atoms with van der Waals surface area (Å²) in [5, 5.41) is 0. The monoisotopic (exact) mass is 188 g/mol. The second kappa shape index (κ2) is 7.34. The van der Waals surface area contributed by atoms with Crippen LogP contribution < -0.4 is 0 Å². The Morgan fingerprint density at radius 2 is 1.15 bits per heavy atom. The Hall–Kier alpha value is -0.0800. The van der Waals surface area contributed by atoms with Gasteiger partial charge in [0, 0.05) is 27.4 Å². The van der Waals surface area contributed by atoms with Crippen LogP contribution in [0.1, 0.15) is 33.1 Å². The maximum Gasteiger partial charge on any atom is 0.0490 e. The van der Waals surface area contributed by atoms with Crippen molar-refractivity contribution in [2.24, 2.45) is 11.8 Å². The topological polar surface area (TPSA) is 18.5 Å². The Balaban J connectivity index is 0.00000144. The highest BCUT2D eigenvalue weighted by Crippen LogP contribution is 2.28. The van der Waals surface area contributed by atoms with Gasteiger partial charge in [0.15, 0.2) is 0 Å². The molecule has 0 unspecified atom stereocenters. The van der Waals surface area contributed by atoms with Crippen LogP contribution in [-0.2, 0) is 9.47 Å². The van der Waals surface area contributed by atoms with Crippen molar-refractivity contribution in [3.8, 4) is 0 Å². The molecule has 0 N–H and O–H groups in total. The molecule has 0 amide bonds. The summed E-state index contributed by atoms with van der Waals surface area (Å²) in [5.74, 6) is 1.62. The maximum absolute atomic E-state index is 5.15. The fraction of sp³-hybridized carbons (Fsp3) is 1.00. The largest absolute Gasteiger partial charge is 0.384 e. The molecule has 0 aliphatic heterocycles. The van der Waals surface area contributed by atoms with Gasteiger partial charge in [-0.1, -0.05) is 7.43 Å². The molecule has 0 aromatic rings. The minimum Gasteiger partial charge on any atom is -0.384 e. The molecule has 2 heteroatoms. The average Bonchev–Trinajstić information content (AvgIpc) is 2.09. The lowest BCUT2D eigenvalue weighted by atomic mass is 9.83. The Morgan fingerprint density at radius 1 is 0.846 bits per heavy atom. The summed E-state index contributed by atoms with van der Waals surface area (Å²) in [6.07, 6.45) is 5.29. The average molecular weight is 188 g/mol. The van der Waals surface area contributed by atoms with E-state index in [0.717, 1.165) is 25.0 Å². The highest BCUT2D eigenvalue weighted by atomic mass is 16.5. The van der Waals surface area contributed by atoms with Crippen molar-refractivity contribution < 1.29 is 9.47 Å². The SMILES string of the molecule is C.COCC1CCC(COC)CC1. The van der Waals surface area contributed by atoms with Crippen LogP contribution in [0, 0.1) is 11.8 Å². The molecule has 0 bridgehead atoms. The smallest absolute Gasteiger partial charge is 0.0490 e. The summed E-state index contributed by atoms with van der Waals surface area (Å²) in [4.78, 5) is 0. The molecule has 0 heterocycles. The maximum atomic E-state index is 5.15.